The number of anilines is 1. The van der Waals surface area contributed by atoms with Gasteiger partial charge in [0.05, 0.1) is 18.5 Å². The van der Waals surface area contributed by atoms with Crippen molar-refractivity contribution in [2.45, 2.75) is 13.3 Å². The van der Waals surface area contributed by atoms with E-state index in [1.807, 2.05) is 43.1 Å². The van der Waals surface area contributed by atoms with Crippen LogP contribution in [0.5, 0.6) is 11.5 Å². The highest BCUT2D eigenvalue weighted by Gasteiger charge is 2.13. The zero-order valence-electron chi connectivity index (χ0n) is 11.8. The van der Waals surface area contributed by atoms with Crippen LogP contribution in [0.25, 0.3) is 0 Å². The molecular formula is C16H16NO3P. The minimum Gasteiger partial charge on any atom is -0.490 e. The fraction of sp³-hybridized carbons (Fsp3) is 0.250. The van der Waals surface area contributed by atoms with Crippen LogP contribution in [0, 0.1) is 6.92 Å². The minimum absolute atomic E-state index is 0.0794. The van der Waals surface area contributed by atoms with Crippen molar-refractivity contribution in [3.63, 3.8) is 0 Å². The topological polar surface area (TPSA) is 47.6 Å². The molecule has 4 nitrogen and oxygen atoms in total. The standard InChI is InChI=1S/C16H16NO3P/c1-11-4-2-9-21-15(11)16(18)17-12-5-6-13-14(10-12)20-8-3-7-19-13/h2,4-6,9-10H,3,7-8H2,1H3,(H,17,18). The van der Waals surface area contributed by atoms with E-state index in [4.69, 9.17) is 9.47 Å². The van der Waals surface area contributed by atoms with Gasteiger partial charge in [0.15, 0.2) is 11.5 Å². The molecule has 0 spiro atoms. The molecule has 0 aliphatic carbocycles. The Morgan fingerprint density at radius 1 is 1.19 bits per heavy atom. The first-order valence-corrected chi connectivity index (χ1v) is 7.83. The highest BCUT2D eigenvalue weighted by atomic mass is 31.0. The van der Waals surface area contributed by atoms with Crippen molar-refractivity contribution in [3.8, 4) is 11.5 Å². The smallest absolute Gasteiger partial charge is 0.260 e. The Morgan fingerprint density at radius 3 is 2.81 bits per heavy atom. The summed E-state index contributed by atoms with van der Waals surface area (Å²) in [6.07, 6.45) is 0.865. The van der Waals surface area contributed by atoms with E-state index in [0.29, 0.717) is 24.7 Å². The lowest BCUT2D eigenvalue weighted by Crippen LogP contribution is -2.11. The molecule has 5 heteroatoms. The molecule has 0 fully saturated rings. The monoisotopic (exact) mass is 301 g/mol. The summed E-state index contributed by atoms with van der Waals surface area (Å²) in [5.74, 6) is 3.29. The van der Waals surface area contributed by atoms with E-state index in [0.717, 1.165) is 31.2 Å². The molecule has 0 saturated heterocycles. The van der Waals surface area contributed by atoms with E-state index in [-0.39, 0.29) is 5.91 Å². The van der Waals surface area contributed by atoms with E-state index in [1.165, 1.54) is 0 Å². The first-order chi connectivity index (χ1) is 10.2. The van der Waals surface area contributed by atoms with Gasteiger partial charge >= 0.3 is 0 Å². The van der Waals surface area contributed by atoms with E-state index in [1.54, 1.807) is 0 Å². The fourth-order valence-corrected chi connectivity index (χ4v) is 2.93. The molecule has 2 aromatic rings. The Bertz CT molecular complexity index is 672. The van der Waals surface area contributed by atoms with Crippen LogP contribution in [0.3, 0.4) is 0 Å². The number of carbonyl (C=O) groups is 1. The van der Waals surface area contributed by atoms with Crippen molar-refractivity contribution >= 4 is 19.8 Å². The minimum atomic E-state index is -0.0794. The Morgan fingerprint density at radius 2 is 2.00 bits per heavy atom. The summed E-state index contributed by atoms with van der Waals surface area (Å²) in [6, 6.07) is 9.39. The van der Waals surface area contributed by atoms with Gasteiger partial charge in [-0.05, 0) is 30.4 Å². The first kappa shape index (κ1) is 13.9. The van der Waals surface area contributed by atoms with Gasteiger partial charge in [-0.3, -0.25) is 4.79 Å². The Labute approximate surface area is 125 Å². The lowest BCUT2D eigenvalue weighted by atomic mass is 10.2. The zero-order chi connectivity index (χ0) is 14.7. The summed E-state index contributed by atoms with van der Waals surface area (Å²) in [7, 11) is 0.920. The molecular weight excluding hydrogens is 285 g/mol. The van der Waals surface area contributed by atoms with Gasteiger partial charge < -0.3 is 14.8 Å². The van der Waals surface area contributed by atoms with E-state index < -0.39 is 0 Å². The number of carbonyl (C=O) groups excluding carboxylic acids is 1. The zero-order valence-corrected chi connectivity index (χ0v) is 12.7. The Kier molecular flexibility index (Phi) is 4.07. The average molecular weight is 301 g/mol. The van der Waals surface area contributed by atoms with Crippen LogP contribution in [0.1, 0.15) is 22.1 Å². The van der Waals surface area contributed by atoms with Gasteiger partial charge in [0, 0.05) is 18.2 Å². The molecule has 21 heavy (non-hydrogen) atoms. The molecule has 3 rings (SSSR count). The number of rotatable bonds is 2. The lowest BCUT2D eigenvalue weighted by molar-refractivity contribution is 0.103. The van der Waals surface area contributed by atoms with Crippen LogP contribution in [0.2, 0.25) is 0 Å². The second-order valence-corrected chi connectivity index (χ2v) is 5.84. The van der Waals surface area contributed by atoms with Crippen LogP contribution in [-0.4, -0.2) is 19.1 Å². The second-order valence-electron chi connectivity index (χ2n) is 4.84. The van der Waals surface area contributed by atoms with Crippen LogP contribution >= 0.6 is 8.19 Å². The fourth-order valence-electron chi connectivity index (χ4n) is 2.15. The number of nitrogens with one attached hydrogen (secondary N) is 1. The summed E-state index contributed by atoms with van der Waals surface area (Å²) >= 11 is 0. The maximum Gasteiger partial charge on any atom is 0.260 e. The maximum atomic E-state index is 12.3. The van der Waals surface area contributed by atoms with Crippen molar-refractivity contribution in [1.29, 1.82) is 0 Å². The molecule has 1 amide bonds. The second kappa shape index (κ2) is 6.15. The van der Waals surface area contributed by atoms with Crippen LogP contribution in [0.4, 0.5) is 5.69 Å². The van der Waals surface area contributed by atoms with Crippen molar-refractivity contribution in [1.82, 2.24) is 0 Å². The summed E-state index contributed by atoms with van der Waals surface area (Å²) in [5, 5.41) is 3.69. The van der Waals surface area contributed by atoms with Crippen molar-refractivity contribution in [2.75, 3.05) is 18.5 Å². The van der Waals surface area contributed by atoms with Gasteiger partial charge in [0.1, 0.15) is 0 Å². The molecule has 1 aliphatic heterocycles. The number of ether oxygens (including phenoxy) is 2. The third kappa shape index (κ3) is 3.17. The van der Waals surface area contributed by atoms with Gasteiger partial charge in [-0.1, -0.05) is 20.3 Å². The number of amides is 1. The van der Waals surface area contributed by atoms with Crippen molar-refractivity contribution in [3.05, 3.63) is 47.0 Å². The number of aryl methyl sites for hydroxylation is 1. The third-order valence-corrected chi connectivity index (χ3v) is 4.37. The normalized spacial score (nSPS) is 13.8. The average Bonchev–Trinajstić information content (AvgIpc) is 2.72. The molecule has 0 radical (unpaired) electrons. The summed E-state index contributed by atoms with van der Waals surface area (Å²) < 4.78 is 11.2. The Hall–Kier alpha value is -2.06. The predicted molar refractivity (Wildman–Crippen MR) is 83.7 cm³/mol. The summed E-state index contributed by atoms with van der Waals surface area (Å²) in [5.41, 5.74) is 1.71. The highest BCUT2D eigenvalue weighted by molar-refractivity contribution is 7.31. The number of hydrogen-bond acceptors (Lipinski definition) is 3. The van der Waals surface area contributed by atoms with E-state index >= 15 is 0 Å². The Balaban J connectivity index is 1.81. The molecule has 2 heterocycles. The van der Waals surface area contributed by atoms with Gasteiger partial charge in [-0.25, -0.2) is 0 Å². The van der Waals surface area contributed by atoms with Crippen molar-refractivity contribution < 1.29 is 14.3 Å². The summed E-state index contributed by atoms with van der Waals surface area (Å²) in [6.45, 7) is 3.23. The van der Waals surface area contributed by atoms with E-state index in [2.05, 4.69) is 5.32 Å². The summed E-state index contributed by atoms with van der Waals surface area (Å²) in [4.78, 5) is 12.3. The first-order valence-electron chi connectivity index (χ1n) is 6.86. The molecule has 0 saturated carbocycles. The lowest BCUT2D eigenvalue weighted by Gasteiger charge is -2.11. The molecule has 1 aromatic carbocycles. The van der Waals surface area contributed by atoms with Crippen LogP contribution < -0.4 is 14.8 Å². The largest absolute Gasteiger partial charge is 0.490 e. The quantitative estimate of drug-likeness (QED) is 0.912. The van der Waals surface area contributed by atoms with Crippen LogP contribution in [-0.2, 0) is 0 Å². The predicted octanol–water partition coefficient (Wildman–Crippen LogP) is 3.99. The van der Waals surface area contributed by atoms with Gasteiger partial charge in [-0.15, -0.1) is 0 Å². The molecule has 0 unspecified atom stereocenters. The van der Waals surface area contributed by atoms with Gasteiger partial charge in [-0.2, -0.15) is 0 Å². The molecule has 0 atom stereocenters. The highest BCUT2D eigenvalue weighted by Crippen LogP contribution is 2.32. The molecule has 1 aliphatic rings. The van der Waals surface area contributed by atoms with Crippen LogP contribution in [0.15, 0.2) is 36.1 Å². The SMILES string of the molecule is Cc1cccpc1C(=O)Nc1ccc2c(c1)OCCCO2. The molecule has 108 valence electrons. The van der Waals surface area contributed by atoms with E-state index in [9.17, 15) is 4.79 Å². The maximum absolute atomic E-state index is 12.3. The number of fused-ring (bicyclic) bond motifs is 1. The van der Waals surface area contributed by atoms with Gasteiger partial charge in [0.25, 0.3) is 5.91 Å². The molecule has 1 N–H and O–H groups in total. The number of hydrogen-bond donors (Lipinski definition) is 1. The molecule has 1 aromatic heterocycles. The number of benzene rings is 1. The molecule has 0 bridgehead atoms. The van der Waals surface area contributed by atoms with Gasteiger partial charge in [0.2, 0.25) is 0 Å². The van der Waals surface area contributed by atoms with Crippen molar-refractivity contribution in [2.24, 2.45) is 0 Å². The third-order valence-electron chi connectivity index (χ3n) is 3.23.